The second kappa shape index (κ2) is 9.13. The zero-order chi connectivity index (χ0) is 22.7. The van der Waals surface area contributed by atoms with Gasteiger partial charge in [0.15, 0.2) is 11.6 Å². The molecule has 0 aliphatic carbocycles. The van der Waals surface area contributed by atoms with E-state index in [1.807, 2.05) is 49.4 Å². The van der Waals surface area contributed by atoms with Crippen LogP contribution in [0, 0.1) is 6.92 Å². The zero-order valence-corrected chi connectivity index (χ0v) is 19.9. The van der Waals surface area contributed by atoms with Gasteiger partial charge in [-0.1, -0.05) is 40.2 Å². The van der Waals surface area contributed by atoms with E-state index in [2.05, 4.69) is 35.9 Å². The number of nitrogens with zero attached hydrogens (tertiary/aromatic N) is 2. The van der Waals surface area contributed by atoms with Crippen LogP contribution in [-0.2, 0) is 10.0 Å². The molecule has 0 aliphatic rings. The summed E-state index contributed by atoms with van der Waals surface area (Å²) in [7, 11) is -4.03. The van der Waals surface area contributed by atoms with Gasteiger partial charge in [-0.15, -0.1) is 0 Å². The molecule has 0 fully saturated rings. The molecule has 32 heavy (non-hydrogen) atoms. The van der Waals surface area contributed by atoms with Crippen molar-refractivity contribution in [1.82, 2.24) is 9.97 Å². The van der Waals surface area contributed by atoms with E-state index < -0.39 is 10.0 Å². The molecule has 0 bridgehead atoms. The highest BCUT2D eigenvalue weighted by atomic mass is 79.9. The van der Waals surface area contributed by atoms with Crippen molar-refractivity contribution >= 4 is 54.3 Å². The third kappa shape index (κ3) is 4.84. The molecule has 0 saturated carbocycles. The number of aromatic nitrogens is 2. The molecule has 1 heterocycles. The third-order valence-electron chi connectivity index (χ3n) is 4.58. The van der Waals surface area contributed by atoms with Crippen LogP contribution in [0.3, 0.4) is 0 Å². The van der Waals surface area contributed by atoms with Crippen molar-refractivity contribution in [3.8, 4) is 5.75 Å². The zero-order valence-electron chi connectivity index (χ0n) is 17.5. The molecule has 4 aromatic rings. The van der Waals surface area contributed by atoms with Gasteiger partial charge in [-0.3, -0.25) is 4.72 Å². The van der Waals surface area contributed by atoms with Crippen molar-refractivity contribution in [2.45, 2.75) is 18.7 Å². The van der Waals surface area contributed by atoms with Gasteiger partial charge < -0.3 is 10.1 Å². The molecule has 164 valence electrons. The van der Waals surface area contributed by atoms with Crippen LogP contribution < -0.4 is 14.8 Å². The Labute approximate surface area is 195 Å². The summed E-state index contributed by atoms with van der Waals surface area (Å²) in [6, 6.07) is 19.8. The molecular weight excluding hydrogens is 492 g/mol. The summed E-state index contributed by atoms with van der Waals surface area (Å²) >= 11 is 3.34. The summed E-state index contributed by atoms with van der Waals surface area (Å²) in [5, 5.41) is 3.19. The second-order valence-corrected chi connectivity index (χ2v) is 9.60. The Morgan fingerprint density at radius 3 is 2.34 bits per heavy atom. The van der Waals surface area contributed by atoms with Crippen molar-refractivity contribution in [2.75, 3.05) is 16.6 Å². The van der Waals surface area contributed by atoms with Crippen molar-refractivity contribution < 1.29 is 13.2 Å². The van der Waals surface area contributed by atoms with Crippen LogP contribution in [0.15, 0.2) is 76.1 Å². The number of sulfonamides is 1. The number of ether oxygens (including phenoxy) is 1. The van der Waals surface area contributed by atoms with Gasteiger partial charge >= 0.3 is 0 Å². The summed E-state index contributed by atoms with van der Waals surface area (Å²) in [5.74, 6) is 0.642. The summed E-state index contributed by atoms with van der Waals surface area (Å²) in [6.45, 7) is 4.11. The molecule has 0 radical (unpaired) electrons. The van der Waals surface area contributed by atoms with Crippen molar-refractivity contribution in [1.29, 1.82) is 0 Å². The predicted molar refractivity (Wildman–Crippen MR) is 130 cm³/mol. The van der Waals surface area contributed by atoms with Gasteiger partial charge in [-0.2, -0.15) is 0 Å². The SMILES string of the molecule is CCOc1ccc(Br)cc1S(=O)(=O)Nc1nc2ccccc2nc1Nc1cccc(C)c1. The minimum absolute atomic E-state index is 0.00480. The lowest BCUT2D eigenvalue weighted by atomic mass is 10.2. The van der Waals surface area contributed by atoms with Gasteiger partial charge in [0.25, 0.3) is 10.0 Å². The largest absolute Gasteiger partial charge is 0.492 e. The van der Waals surface area contributed by atoms with Crippen LogP contribution in [0.2, 0.25) is 0 Å². The van der Waals surface area contributed by atoms with E-state index in [9.17, 15) is 8.42 Å². The van der Waals surface area contributed by atoms with Gasteiger partial charge in [0.2, 0.25) is 0 Å². The highest BCUT2D eigenvalue weighted by Gasteiger charge is 2.23. The first-order valence-electron chi connectivity index (χ1n) is 9.91. The van der Waals surface area contributed by atoms with Crippen LogP contribution >= 0.6 is 15.9 Å². The number of benzene rings is 3. The Balaban J connectivity index is 1.80. The van der Waals surface area contributed by atoms with Gasteiger partial charge in [-0.25, -0.2) is 18.4 Å². The highest BCUT2D eigenvalue weighted by molar-refractivity contribution is 9.10. The van der Waals surface area contributed by atoms with E-state index in [0.717, 1.165) is 11.3 Å². The molecule has 3 aromatic carbocycles. The van der Waals surface area contributed by atoms with Crippen LogP contribution in [0.4, 0.5) is 17.3 Å². The molecule has 0 spiro atoms. The number of rotatable bonds is 7. The fourth-order valence-electron chi connectivity index (χ4n) is 3.17. The van der Waals surface area contributed by atoms with Crippen LogP contribution in [-0.4, -0.2) is 25.0 Å². The van der Waals surface area contributed by atoms with Crippen molar-refractivity contribution in [3.05, 3.63) is 76.8 Å². The summed E-state index contributed by atoms with van der Waals surface area (Å²) in [6.07, 6.45) is 0. The number of aryl methyl sites for hydroxylation is 1. The second-order valence-electron chi connectivity index (χ2n) is 7.03. The third-order valence-corrected chi connectivity index (χ3v) is 6.43. The fourth-order valence-corrected chi connectivity index (χ4v) is 4.86. The molecule has 2 N–H and O–H groups in total. The maximum absolute atomic E-state index is 13.3. The number of anilines is 3. The smallest absolute Gasteiger partial charge is 0.266 e. The average Bonchev–Trinajstić information content (AvgIpc) is 2.75. The van der Waals surface area contributed by atoms with E-state index in [-0.39, 0.29) is 16.5 Å². The number of nitrogens with one attached hydrogen (secondary N) is 2. The van der Waals surface area contributed by atoms with Crippen LogP contribution in [0.1, 0.15) is 12.5 Å². The lowest BCUT2D eigenvalue weighted by molar-refractivity contribution is 0.331. The van der Waals surface area contributed by atoms with Gasteiger partial charge in [0.05, 0.1) is 17.6 Å². The first-order valence-corrected chi connectivity index (χ1v) is 12.2. The number of halogens is 1. The quantitative estimate of drug-likeness (QED) is 0.332. The van der Waals surface area contributed by atoms with E-state index in [1.54, 1.807) is 25.1 Å². The topological polar surface area (TPSA) is 93.2 Å². The Kier molecular flexibility index (Phi) is 6.29. The summed E-state index contributed by atoms with van der Waals surface area (Å²) in [5.41, 5.74) is 3.04. The maximum atomic E-state index is 13.3. The molecule has 1 aromatic heterocycles. The first kappa shape index (κ1) is 22.0. The Bertz CT molecular complexity index is 1390. The number of fused-ring (bicyclic) bond motifs is 1. The number of para-hydroxylation sites is 2. The van der Waals surface area contributed by atoms with Crippen molar-refractivity contribution in [3.63, 3.8) is 0 Å². The molecule has 0 unspecified atom stereocenters. The molecule has 0 atom stereocenters. The Hall–Kier alpha value is -3.17. The Morgan fingerprint density at radius 1 is 0.938 bits per heavy atom. The molecule has 4 rings (SSSR count). The van der Waals surface area contributed by atoms with Gasteiger partial charge in [0.1, 0.15) is 10.6 Å². The lowest BCUT2D eigenvalue weighted by Crippen LogP contribution is -2.17. The molecule has 0 saturated heterocycles. The monoisotopic (exact) mass is 512 g/mol. The lowest BCUT2D eigenvalue weighted by Gasteiger charge is -2.16. The normalized spacial score (nSPS) is 11.3. The summed E-state index contributed by atoms with van der Waals surface area (Å²) < 4.78 is 35.4. The minimum atomic E-state index is -4.03. The van der Waals surface area contributed by atoms with E-state index in [1.165, 1.54) is 6.07 Å². The molecular formula is C23H21BrN4O3S. The predicted octanol–water partition coefficient (Wildman–Crippen LogP) is 5.64. The van der Waals surface area contributed by atoms with Gasteiger partial charge in [-0.05, 0) is 61.9 Å². The number of hydrogen-bond donors (Lipinski definition) is 2. The Morgan fingerprint density at radius 2 is 1.66 bits per heavy atom. The molecule has 0 amide bonds. The average molecular weight is 513 g/mol. The molecule has 9 heteroatoms. The first-order chi connectivity index (χ1) is 15.4. The van der Waals surface area contributed by atoms with Gasteiger partial charge in [0, 0.05) is 10.2 Å². The maximum Gasteiger partial charge on any atom is 0.266 e. The standard InChI is InChI=1S/C23H21BrN4O3S/c1-3-31-20-12-11-16(24)14-21(20)32(29,30)28-23-22(25-17-8-6-7-15(2)13-17)26-18-9-4-5-10-19(18)27-23/h4-14H,3H2,1-2H3,(H,25,26)(H,27,28). The summed E-state index contributed by atoms with van der Waals surface area (Å²) in [4.78, 5) is 9.15. The van der Waals surface area contributed by atoms with Crippen LogP contribution in [0.5, 0.6) is 5.75 Å². The van der Waals surface area contributed by atoms with Crippen molar-refractivity contribution in [2.24, 2.45) is 0 Å². The molecule has 7 nitrogen and oxygen atoms in total. The van der Waals surface area contributed by atoms with E-state index in [0.29, 0.717) is 27.9 Å². The van der Waals surface area contributed by atoms with E-state index in [4.69, 9.17) is 4.74 Å². The van der Waals surface area contributed by atoms with Crippen LogP contribution in [0.25, 0.3) is 11.0 Å². The molecule has 0 aliphatic heterocycles. The highest BCUT2D eigenvalue weighted by Crippen LogP contribution is 2.32. The number of hydrogen-bond acceptors (Lipinski definition) is 6. The fraction of sp³-hybridized carbons (Fsp3) is 0.130. The van der Waals surface area contributed by atoms with E-state index >= 15 is 0 Å². The minimum Gasteiger partial charge on any atom is -0.492 e.